The number of fused-ring (bicyclic) bond motifs is 1. The van der Waals surface area contributed by atoms with Gasteiger partial charge in [0, 0.05) is 16.9 Å². The molecule has 1 heterocycles. The van der Waals surface area contributed by atoms with Crippen LogP contribution >= 0.6 is 0 Å². The molecule has 0 aliphatic carbocycles. The van der Waals surface area contributed by atoms with Gasteiger partial charge in [-0.2, -0.15) is 0 Å². The average Bonchev–Trinajstić information content (AvgIpc) is 2.79. The molecule has 0 amide bonds. The summed E-state index contributed by atoms with van der Waals surface area (Å²) in [6.07, 6.45) is 0.759. The van der Waals surface area contributed by atoms with Gasteiger partial charge in [0.15, 0.2) is 0 Å². The Morgan fingerprint density at radius 1 is 1.28 bits per heavy atom. The van der Waals surface area contributed by atoms with Crippen molar-refractivity contribution in [3.63, 3.8) is 0 Å². The number of rotatable bonds is 5. The summed E-state index contributed by atoms with van der Waals surface area (Å²) in [5.74, 6) is 1.44. The van der Waals surface area contributed by atoms with Crippen molar-refractivity contribution in [3.8, 4) is 5.75 Å². The summed E-state index contributed by atoms with van der Waals surface area (Å²) in [4.78, 5) is 0. The molecule has 3 nitrogen and oxygen atoms in total. The summed E-state index contributed by atoms with van der Waals surface area (Å²) in [5, 5.41) is 19.3. The van der Waals surface area contributed by atoms with Crippen LogP contribution in [-0.2, 0) is 0 Å². The van der Waals surface area contributed by atoms with E-state index in [2.05, 4.69) is 6.07 Å². The Labute approximate surface area is 108 Å². The molecule has 0 spiro atoms. The van der Waals surface area contributed by atoms with E-state index in [4.69, 9.17) is 4.74 Å². The van der Waals surface area contributed by atoms with Gasteiger partial charge in [0.25, 0.3) is 0 Å². The first-order valence-electron chi connectivity index (χ1n) is 6.56. The van der Waals surface area contributed by atoms with Gasteiger partial charge in [0.1, 0.15) is 5.75 Å². The highest BCUT2D eigenvalue weighted by molar-refractivity contribution is 5.39. The third-order valence-corrected chi connectivity index (χ3v) is 4.31. The molecule has 0 fully saturated rings. The number of ether oxygens (including phenoxy) is 1. The summed E-state index contributed by atoms with van der Waals surface area (Å²) < 4.78 is 5.66. The Hall–Kier alpha value is -1.06. The molecule has 0 saturated carbocycles. The molecule has 0 radical (unpaired) electrons. The van der Waals surface area contributed by atoms with Gasteiger partial charge in [-0.1, -0.05) is 32.0 Å². The van der Waals surface area contributed by atoms with Gasteiger partial charge in [0.05, 0.1) is 19.8 Å². The zero-order chi connectivity index (χ0) is 13.2. The fraction of sp³-hybridized carbons (Fsp3) is 0.600. The van der Waals surface area contributed by atoms with Crippen molar-refractivity contribution >= 4 is 0 Å². The maximum atomic E-state index is 9.65. The molecule has 2 rings (SSSR count). The van der Waals surface area contributed by atoms with E-state index in [1.807, 2.05) is 32.0 Å². The minimum absolute atomic E-state index is 0.0137. The zero-order valence-electron chi connectivity index (χ0n) is 11.1. The molecular formula is C15H22O3. The maximum Gasteiger partial charge on any atom is 0.122 e. The summed E-state index contributed by atoms with van der Waals surface area (Å²) in [5.41, 5.74) is 0.773. The smallest absolute Gasteiger partial charge is 0.122 e. The van der Waals surface area contributed by atoms with E-state index in [1.54, 1.807) is 0 Å². The van der Waals surface area contributed by atoms with E-state index in [0.717, 1.165) is 12.2 Å². The third kappa shape index (κ3) is 2.25. The number of hydrogen-bond acceptors (Lipinski definition) is 3. The summed E-state index contributed by atoms with van der Waals surface area (Å²) in [7, 11) is 0. The van der Waals surface area contributed by atoms with Crippen LogP contribution in [0.25, 0.3) is 0 Å². The van der Waals surface area contributed by atoms with E-state index in [0.29, 0.717) is 6.61 Å². The van der Waals surface area contributed by atoms with Crippen LogP contribution in [0.4, 0.5) is 0 Å². The van der Waals surface area contributed by atoms with E-state index in [-0.39, 0.29) is 25.0 Å². The standard InChI is InChI=1S/C15H22O3/c1-11(2)15(9-16,10-17)7-12-8-18-14-6-4-3-5-13(12)14/h3-6,11-12,16-17H,7-10H2,1-2H3. The molecule has 1 unspecified atom stereocenters. The minimum Gasteiger partial charge on any atom is -0.493 e. The Kier molecular flexibility index (Phi) is 3.93. The van der Waals surface area contributed by atoms with Crippen LogP contribution in [0.3, 0.4) is 0 Å². The molecule has 1 aromatic rings. The molecule has 3 heteroatoms. The zero-order valence-corrected chi connectivity index (χ0v) is 11.1. The highest BCUT2D eigenvalue weighted by Gasteiger charge is 2.38. The van der Waals surface area contributed by atoms with Crippen LogP contribution < -0.4 is 4.74 Å². The largest absolute Gasteiger partial charge is 0.493 e. The molecule has 1 aliphatic heterocycles. The molecule has 1 aromatic carbocycles. The average molecular weight is 250 g/mol. The lowest BCUT2D eigenvalue weighted by Crippen LogP contribution is -2.37. The monoisotopic (exact) mass is 250 g/mol. The third-order valence-electron chi connectivity index (χ3n) is 4.31. The van der Waals surface area contributed by atoms with E-state index >= 15 is 0 Å². The molecule has 0 bridgehead atoms. The second-order valence-corrected chi connectivity index (χ2v) is 5.58. The van der Waals surface area contributed by atoms with Crippen LogP contribution in [-0.4, -0.2) is 30.0 Å². The van der Waals surface area contributed by atoms with E-state index in [1.165, 1.54) is 5.56 Å². The summed E-state index contributed by atoms with van der Waals surface area (Å²) >= 11 is 0. The van der Waals surface area contributed by atoms with Gasteiger partial charge in [0.2, 0.25) is 0 Å². The van der Waals surface area contributed by atoms with E-state index < -0.39 is 5.41 Å². The predicted octanol–water partition coefficient (Wildman–Crippen LogP) is 2.18. The Morgan fingerprint density at radius 2 is 1.94 bits per heavy atom. The van der Waals surface area contributed by atoms with Crippen molar-refractivity contribution in [2.45, 2.75) is 26.2 Å². The van der Waals surface area contributed by atoms with Crippen molar-refractivity contribution in [2.75, 3.05) is 19.8 Å². The lowest BCUT2D eigenvalue weighted by molar-refractivity contribution is 0.00185. The second kappa shape index (κ2) is 5.29. The SMILES string of the molecule is CC(C)C(CO)(CO)CC1COc2ccccc21. The fourth-order valence-corrected chi connectivity index (χ4v) is 2.67. The van der Waals surface area contributed by atoms with Gasteiger partial charge >= 0.3 is 0 Å². The van der Waals surface area contributed by atoms with Gasteiger partial charge < -0.3 is 14.9 Å². The first-order valence-corrected chi connectivity index (χ1v) is 6.56. The number of benzene rings is 1. The maximum absolute atomic E-state index is 9.65. The van der Waals surface area contributed by atoms with Gasteiger partial charge in [-0.25, -0.2) is 0 Å². The van der Waals surface area contributed by atoms with E-state index in [9.17, 15) is 10.2 Å². The molecule has 2 N–H and O–H groups in total. The van der Waals surface area contributed by atoms with Crippen molar-refractivity contribution in [3.05, 3.63) is 29.8 Å². The first-order chi connectivity index (χ1) is 8.63. The van der Waals surface area contributed by atoms with Crippen LogP contribution in [0.5, 0.6) is 5.75 Å². The molecule has 100 valence electrons. The molecular weight excluding hydrogens is 228 g/mol. The Balaban J connectivity index is 2.20. The number of aliphatic hydroxyl groups excluding tert-OH is 2. The van der Waals surface area contributed by atoms with Crippen LogP contribution in [0.1, 0.15) is 31.7 Å². The lowest BCUT2D eigenvalue weighted by Gasteiger charge is -2.36. The van der Waals surface area contributed by atoms with Gasteiger partial charge in [-0.3, -0.25) is 0 Å². The molecule has 1 aliphatic rings. The molecule has 0 aromatic heterocycles. The fourth-order valence-electron chi connectivity index (χ4n) is 2.67. The summed E-state index contributed by atoms with van der Waals surface area (Å²) in [6.45, 7) is 4.77. The Morgan fingerprint density at radius 3 is 2.56 bits per heavy atom. The molecule has 18 heavy (non-hydrogen) atoms. The molecule has 1 atom stereocenters. The normalized spacial score (nSPS) is 18.8. The minimum atomic E-state index is -0.425. The first kappa shape index (κ1) is 13.4. The van der Waals surface area contributed by atoms with Crippen LogP contribution in [0.15, 0.2) is 24.3 Å². The van der Waals surface area contributed by atoms with Crippen molar-refractivity contribution < 1.29 is 14.9 Å². The van der Waals surface area contributed by atoms with Crippen LogP contribution in [0.2, 0.25) is 0 Å². The lowest BCUT2D eigenvalue weighted by atomic mass is 9.71. The predicted molar refractivity (Wildman–Crippen MR) is 70.7 cm³/mol. The van der Waals surface area contributed by atoms with Crippen molar-refractivity contribution in [1.82, 2.24) is 0 Å². The van der Waals surface area contributed by atoms with Crippen molar-refractivity contribution in [1.29, 1.82) is 0 Å². The molecule has 0 saturated heterocycles. The number of aliphatic hydroxyl groups is 2. The highest BCUT2D eigenvalue weighted by atomic mass is 16.5. The van der Waals surface area contributed by atoms with Crippen molar-refractivity contribution in [2.24, 2.45) is 11.3 Å². The Bertz CT molecular complexity index is 396. The van der Waals surface area contributed by atoms with Gasteiger partial charge in [-0.15, -0.1) is 0 Å². The topological polar surface area (TPSA) is 49.7 Å². The van der Waals surface area contributed by atoms with Crippen LogP contribution in [0, 0.1) is 11.3 Å². The quantitative estimate of drug-likeness (QED) is 0.842. The highest BCUT2D eigenvalue weighted by Crippen LogP contribution is 2.43. The van der Waals surface area contributed by atoms with Gasteiger partial charge in [-0.05, 0) is 18.4 Å². The number of hydrogen-bond donors (Lipinski definition) is 2. The summed E-state index contributed by atoms with van der Waals surface area (Å²) in [6, 6.07) is 8.03. The number of para-hydroxylation sites is 1. The second-order valence-electron chi connectivity index (χ2n) is 5.58.